The molecule has 1 heterocycles. The minimum Gasteiger partial charge on any atom is -0.208 e. The summed E-state index contributed by atoms with van der Waals surface area (Å²) < 4.78 is 0. The third-order valence-electron chi connectivity index (χ3n) is 8.72. The van der Waals surface area contributed by atoms with Crippen molar-refractivity contribution < 1.29 is 0 Å². The maximum atomic E-state index is 4.95. The molecule has 3 heteroatoms. The number of nitrogens with zero attached hydrogens (tertiary/aromatic N) is 3. The first-order chi connectivity index (χ1) is 21.1. The summed E-state index contributed by atoms with van der Waals surface area (Å²) in [6, 6.07) is 49.0. The number of fused-ring (bicyclic) bond motifs is 5. The largest absolute Gasteiger partial charge is 0.208 e. The molecule has 0 bridgehead atoms. The number of hydrogen-bond acceptors (Lipinski definition) is 3. The molecule has 0 N–H and O–H groups in total. The fraction of sp³-hybridized carbons (Fsp3) is 0.0750. The van der Waals surface area contributed by atoms with E-state index in [1.165, 1.54) is 38.6 Å². The van der Waals surface area contributed by atoms with E-state index < -0.39 is 0 Å². The van der Waals surface area contributed by atoms with Crippen LogP contribution in [0.15, 0.2) is 140 Å². The predicted octanol–water partition coefficient (Wildman–Crippen LogP) is 10.00. The van der Waals surface area contributed by atoms with E-state index in [1.807, 2.05) is 60.7 Å². The molecule has 204 valence electrons. The first-order valence-corrected chi connectivity index (χ1v) is 14.7. The van der Waals surface area contributed by atoms with Gasteiger partial charge in [0.1, 0.15) is 0 Å². The minimum atomic E-state index is -0.0261. The average molecular weight is 552 g/mol. The summed E-state index contributed by atoms with van der Waals surface area (Å²) in [5, 5.41) is 2.54. The van der Waals surface area contributed by atoms with Crippen molar-refractivity contribution in [3.05, 3.63) is 151 Å². The molecule has 6 aromatic carbocycles. The first-order valence-electron chi connectivity index (χ1n) is 14.7. The standard InChI is InChI=1S/C40H29N3/c1-40(2)34-19-10-9-18-32(34)36-33-25-30(21-20-26(33)22-23-35(36)40)29-16-11-17-31(24-29)39-42-37(27-12-5-3-6-13-27)41-38(43-39)28-14-7-4-8-15-28/h3-25H,1-2H3. The fourth-order valence-corrected chi connectivity index (χ4v) is 6.48. The zero-order valence-electron chi connectivity index (χ0n) is 24.1. The summed E-state index contributed by atoms with van der Waals surface area (Å²) in [6.07, 6.45) is 0. The minimum absolute atomic E-state index is 0.0261. The maximum Gasteiger partial charge on any atom is 0.164 e. The average Bonchev–Trinajstić information content (AvgIpc) is 3.31. The molecule has 0 amide bonds. The van der Waals surface area contributed by atoms with Crippen LogP contribution >= 0.6 is 0 Å². The molecular weight excluding hydrogens is 522 g/mol. The van der Waals surface area contributed by atoms with Crippen molar-refractivity contribution in [2.45, 2.75) is 19.3 Å². The van der Waals surface area contributed by atoms with Crippen LogP contribution in [-0.4, -0.2) is 15.0 Å². The van der Waals surface area contributed by atoms with Gasteiger partial charge in [0.25, 0.3) is 0 Å². The molecule has 0 atom stereocenters. The molecule has 0 fully saturated rings. The van der Waals surface area contributed by atoms with E-state index in [2.05, 4.69) is 92.7 Å². The Bertz CT molecular complexity index is 2090. The summed E-state index contributed by atoms with van der Waals surface area (Å²) >= 11 is 0. The second kappa shape index (κ2) is 9.85. The second-order valence-corrected chi connectivity index (χ2v) is 11.7. The van der Waals surface area contributed by atoms with E-state index in [4.69, 9.17) is 15.0 Å². The van der Waals surface area contributed by atoms with Gasteiger partial charge in [0.15, 0.2) is 17.5 Å². The highest BCUT2D eigenvalue weighted by atomic mass is 15.0. The predicted molar refractivity (Wildman–Crippen MR) is 177 cm³/mol. The lowest BCUT2D eigenvalue weighted by Gasteiger charge is -2.21. The van der Waals surface area contributed by atoms with Crippen molar-refractivity contribution in [1.82, 2.24) is 15.0 Å². The van der Waals surface area contributed by atoms with E-state index in [9.17, 15) is 0 Å². The van der Waals surface area contributed by atoms with Gasteiger partial charge in [0.05, 0.1) is 0 Å². The third-order valence-corrected chi connectivity index (χ3v) is 8.72. The SMILES string of the molecule is CC1(C)c2ccccc2-c2c1ccc1ccc(-c3cccc(-c4nc(-c5ccccc5)nc(-c5ccccc5)n4)c3)cc21. The number of rotatable bonds is 4. The van der Waals surface area contributed by atoms with Crippen LogP contribution in [0.3, 0.4) is 0 Å². The van der Waals surface area contributed by atoms with Gasteiger partial charge in [-0.25, -0.2) is 15.0 Å². The zero-order valence-corrected chi connectivity index (χ0v) is 24.1. The van der Waals surface area contributed by atoms with Gasteiger partial charge < -0.3 is 0 Å². The molecule has 0 saturated carbocycles. The van der Waals surface area contributed by atoms with Crippen molar-refractivity contribution in [2.75, 3.05) is 0 Å². The molecule has 43 heavy (non-hydrogen) atoms. The van der Waals surface area contributed by atoms with Crippen LogP contribution in [-0.2, 0) is 5.41 Å². The van der Waals surface area contributed by atoms with Crippen LogP contribution in [0.4, 0.5) is 0 Å². The van der Waals surface area contributed by atoms with Gasteiger partial charge in [-0.3, -0.25) is 0 Å². The summed E-state index contributed by atoms with van der Waals surface area (Å²) in [5.74, 6) is 1.99. The van der Waals surface area contributed by atoms with E-state index in [0.717, 1.165) is 22.3 Å². The van der Waals surface area contributed by atoms with Crippen LogP contribution in [0.1, 0.15) is 25.0 Å². The Hall–Kier alpha value is -5.41. The molecule has 7 aromatic rings. The smallest absolute Gasteiger partial charge is 0.164 e. The van der Waals surface area contributed by atoms with Gasteiger partial charge in [0, 0.05) is 22.1 Å². The van der Waals surface area contributed by atoms with Gasteiger partial charge in [-0.2, -0.15) is 0 Å². The van der Waals surface area contributed by atoms with Crippen LogP contribution in [0.25, 0.3) is 67.2 Å². The maximum absolute atomic E-state index is 4.95. The Morgan fingerprint density at radius 2 is 0.953 bits per heavy atom. The van der Waals surface area contributed by atoms with Crippen LogP contribution < -0.4 is 0 Å². The molecule has 0 unspecified atom stereocenters. The van der Waals surface area contributed by atoms with Crippen LogP contribution in [0.5, 0.6) is 0 Å². The molecular formula is C40H29N3. The van der Waals surface area contributed by atoms with Crippen LogP contribution in [0.2, 0.25) is 0 Å². The summed E-state index contributed by atoms with van der Waals surface area (Å²) in [6.45, 7) is 4.66. The van der Waals surface area contributed by atoms with Gasteiger partial charge in [0.2, 0.25) is 0 Å². The molecule has 1 aromatic heterocycles. The summed E-state index contributed by atoms with van der Waals surface area (Å²) in [4.78, 5) is 14.8. The van der Waals surface area contributed by atoms with Crippen molar-refractivity contribution >= 4 is 10.8 Å². The topological polar surface area (TPSA) is 38.7 Å². The number of aromatic nitrogens is 3. The van der Waals surface area contributed by atoms with E-state index in [1.54, 1.807) is 0 Å². The highest BCUT2D eigenvalue weighted by Crippen LogP contribution is 2.51. The van der Waals surface area contributed by atoms with Crippen molar-refractivity contribution in [3.63, 3.8) is 0 Å². The molecule has 0 spiro atoms. The van der Waals surface area contributed by atoms with Gasteiger partial charge in [-0.15, -0.1) is 0 Å². The van der Waals surface area contributed by atoms with E-state index in [-0.39, 0.29) is 5.41 Å². The molecule has 0 aliphatic heterocycles. The van der Waals surface area contributed by atoms with Crippen molar-refractivity contribution in [3.8, 4) is 56.4 Å². The first kappa shape index (κ1) is 25.3. The van der Waals surface area contributed by atoms with Gasteiger partial charge in [-0.05, 0) is 56.3 Å². The number of benzene rings is 6. The monoisotopic (exact) mass is 551 g/mol. The fourth-order valence-electron chi connectivity index (χ4n) is 6.48. The molecule has 1 aliphatic carbocycles. The Kier molecular flexibility index (Phi) is 5.80. The Balaban J connectivity index is 1.27. The molecule has 1 aliphatic rings. The summed E-state index contributed by atoms with van der Waals surface area (Å²) in [5.41, 5.74) is 10.6. The molecule has 8 rings (SSSR count). The third kappa shape index (κ3) is 4.24. The van der Waals surface area contributed by atoms with Gasteiger partial charge >= 0.3 is 0 Å². The van der Waals surface area contributed by atoms with E-state index >= 15 is 0 Å². The van der Waals surface area contributed by atoms with Crippen molar-refractivity contribution in [1.29, 1.82) is 0 Å². The molecule has 3 nitrogen and oxygen atoms in total. The van der Waals surface area contributed by atoms with E-state index in [0.29, 0.717) is 17.5 Å². The molecule has 0 radical (unpaired) electrons. The van der Waals surface area contributed by atoms with Crippen LogP contribution in [0, 0.1) is 0 Å². The van der Waals surface area contributed by atoms with Gasteiger partial charge in [-0.1, -0.05) is 141 Å². The Morgan fingerprint density at radius 3 is 1.65 bits per heavy atom. The zero-order chi connectivity index (χ0) is 29.0. The highest BCUT2D eigenvalue weighted by molar-refractivity contribution is 6.04. The normalized spacial score (nSPS) is 13.1. The Labute approximate surface area is 251 Å². The lowest BCUT2D eigenvalue weighted by Crippen LogP contribution is -2.14. The lowest BCUT2D eigenvalue weighted by atomic mass is 9.82. The summed E-state index contributed by atoms with van der Waals surface area (Å²) in [7, 11) is 0. The second-order valence-electron chi connectivity index (χ2n) is 11.7. The lowest BCUT2D eigenvalue weighted by molar-refractivity contribution is 0.661. The quantitative estimate of drug-likeness (QED) is 0.218. The molecule has 0 saturated heterocycles. The number of hydrogen-bond donors (Lipinski definition) is 0. The highest BCUT2D eigenvalue weighted by Gasteiger charge is 2.36. The Morgan fingerprint density at radius 1 is 0.419 bits per heavy atom. The van der Waals surface area contributed by atoms with Crippen molar-refractivity contribution in [2.24, 2.45) is 0 Å².